The maximum atomic E-state index is 13.0. The summed E-state index contributed by atoms with van der Waals surface area (Å²) in [7, 11) is 0. The van der Waals surface area contributed by atoms with Crippen molar-refractivity contribution in [3.8, 4) is 5.75 Å². The molecular weight excluding hydrogens is 472 g/mol. The Bertz CT molecular complexity index is 819. The number of hydrogen-bond donors (Lipinski definition) is 2. The lowest BCUT2D eigenvalue weighted by Gasteiger charge is -2.14. The molecule has 2 aromatic carbocycles. The van der Waals surface area contributed by atoms with E-state index in [-0.39, 0.29) is 23.9 Å². The molecule has 0 radical (unpaired) electrons. The van der Waals surface area contributed by atoms with Gasteiger partial charge in [-0.2, -0.15) is 13.2 Å². The summed E-state index contributed by atoms with van der Waals surface area (Å²) in [6, 6.07) is 7.53. The van der Waals surface area contributed by atoms with E-state index in [0.29, 0.717) is 17.2 Å². The number of amides is 2. The minimum absolute atomic E-state index is 0.0722. The van der Waals surface area contributed by atoms with Crippen LogP contribution in [0, 0.1) is 0 Å². The molecule has 2 amide bonds. The van der Waals surface area contributed by atoms with Gasteiger partial charge in [0.2, 0.25) is 0 Å². The van der Waals surface area contributed by atoms with E-state index in [1.807, 2.05) is 0 Å². The average Bonchev–Trinajstić information content (AvgIpc) is 2.57. The van der Waals surface area contributed by atoms with Crippen molar-refractivity contribution in [3.63, 3.8) is 0 Å². The quantitative estimate of drug-likeness (QED) is 0.467. The zero-order valence-electron chi connectivity index (χ0n) is 13.7. The van der Waals surface area contributed by atoms with E-state index in [2.05, 4.69) is 26.6 Å². The van der Waals surface area contributed by atoms with Gasteiger partial charge in [-0.1, -0.05) is 39.1 Å². The first-order chi connectivity index (χ1) is 12.7. The first-order valence-corrected chi connectivity index (χ1v) is 9.21. The minimum atomic E-state index is -4.63. The van der Waals surface area contributed by atoms with Gasteiger partial charge >= 0.3 is 12.2 Å². The molecule has 0 aliphatic heterocycles. The number of urea groups is 1. The fourth-order valence-corrected chi connectivity index (χ4v) is 2.98. The van der Waals surface area contributed by atoms with Gasteiger partial charge in [0.05, 0.1) is 22.9 Å². The van der Waals surface area contributed by atoms with Crippen LogP contribution in [0.25, 0.3) is 0 Å². The largest absolute Gasteiger partial charge is 0.492 e. The van der Waals surface area contributed by atoms with Gasteiger partial charge in [0, 0.05) is 16.0 Å². The van der Waals surface area contributed by atoms with Crippen LogP contribution in [0.15, 0.2) is 40.9 Å². The van der Waals surface area contributed by atoms with Crippen molar-refractivity contribution in [2.45, 2.75) is 12.6 Å². The Hall–Kier alpha value is -1.64. The van der Waals surface area contributed by atoms with Crippen LogP contribution < -0.4 is 15.4 Å². The van der Waals surface area contributed by atoms with E-state index in [4.69, 9.17) is 27.9 Å². The normalized spacial score (nSPS) is 11.2. The highest BCUT2D eigenvalue weighted by molar-refractivity contribution is 9.10. The summed E-state index contributed by atoms with van der Waals surface area (Å²) in [5, 5.41) is 5.01. The highest BCUT2D eigenvalue weighted by atomic mass is 79.9. The summed E-state index contributed by atoms with van der Waals surface area (Å²) in [5.74, 6) is 0.500. The summed E-state index contributed by atoms with van der Waals surface area (Å²) in [5.41, 5.74) is -1.39. The second-order valence-corrected chi connectivity index (χ2v) is 7.10. The molecule has 10 heteroatoms. The predicted octanol–water partition coefficient (Wildman–Crippen LogP) is 6.37. The van der Waals surface area contributed by atoms with Crippen LogP contribution in [0.3, 0.4) is 0 Å². The van der Waals surface area contributed by atoms with Crippen LogP contribution in [0.4, 0.5) is 23.7 Å². The first kappa shape index (κ1) is 21.7. The molecule has 2 aromatic rings. The van der Waals surface area contributed by atoms with Crippen molar-refractivity contribution >= 4 is 50.9 Å². The van der Waals surface area contributed by atoms with Gasteiger partial charge in [0.1, 0.15) is 5.75 Å². The Morgan fingerprint density at radius 3 is 2.56 bits per heavy atom. The van der Waals surface area contributed by atoms with Crippen molar-refractivity contribution in [1.82, 2.24) is 5.32 Å². The van der Waals surface area contributed by atoms with Crippen molar-refractivity contribution in [2.75, 3.05) is 18.5 Å². The molecule has 146 valence electrons. The molecule has 0 spiro atoms. The lowest BCUT2D eigenvalue weighted by Crippen LogP contribution is -2.31. The van der Waals surface area contributed by atoms with E-state index >= 15 is 0 Å². The Morgan fingerprint density at radius 2 is 1.89 bits per heavy atom. The second kappa shape index (κ2) is 9.52. The summed E-state index contributed by atoms with van der Waals surface area (Å²) in [6.45, 7) is 0.477. The highest BCUT2D eigenvalue weighted by Gasteiger charge is 2.34. The fraction of sp³-hybridized carbons (Fsp3) is 0.235. The number of hydrogen-bond acceptors (Lipinski definition) is 2. The molecule has 0 aliphatic rings. The first-order valence-electron chi connectivity index (χ1n) is 7.66. The molecule has 2 N–H and O–H groups in total. The van der Waals surface area contributed by atoms with Crippen LogP contribution in [0.1, 0.15) is 12.0 Å². The van der Waals surface area contributed by atoms with Gasteiger partial charge in [-0.05, 0) is 42.8 Å². The second-order valence-electron chi connectivity index (χ2n) is 5.35. The zero-order chi connectivity index (χ0) is 20.0. The molecule has 0 saturated heterocycles. The molecule has 0 fully saturated rings. The molecule has 0 aromatic heterocycles. The molecule has 2 rings (SSSR count). The average molecular weight is 486 g/mol. The van der Waals surface area contributed by atoms with Crippen LogP contribution in [0.2, 0.25) is 10.0 Å². The van der Waals surface area contributed by atoms with Crippen LogP contribution in [-0.2, 0) is 6.18 Å². The molecule has 0 saturated carbocycles. The molecule has 0 atom stereocenters. The Labute approximate surface area is 172 Å². The maximum absolute atomic E-state index is 13.0. The summed E-state index contributed by atoms with van der Waals surface area (Å²) in [6.07, 6.45) is -4.20. The van der Waals surface area contributed by atoms with Crippen molar-refractivity contribution in [3.05, 3.63) is 56.5 Å². The van der Waals surface area contributed by atoms with Crippen LogP contribution in [-0.4, -0.2) is 19.2 Å². The molecule has 27 heavy (non-hydrogen) atoms. The van der Waals surface area contributed by atoms with Crippen LogP contribution in [0.5, 0.6) is 5.75 Å². The number of anilines is 1. The summed E-state index contributed by atoms with van der Waals surface area (Å²) >= 11 is 14.9. The zero-order valence-corrected chi connectivity index (χ0v) is 16.8. The number of rotatable bonds is 6. The molecule has 0 heterocycles. The third kappa shape index (κ3) is 6.79. The van der Waals surface area contributed by atoms with E-state index in [1.165, 1.54) is 6.07 Å². The monoisotopic (exact) mass is 484 g/mol. The Balaban J connectivity index is 1.80. The Kier molecular flexibility index (Phi) is 7.64. The number of ether oxygens (including phenoxy) is 1. The van der Waals surface area contributed by atoms with E-state index in [9.17, 15) is 18.0 Å². The molecular formula is C17H14BrCl2F3N2O2. The van der Waals surface area contributed by atoms with Gasteiger partial charge in [0.25, 0.3) is 0 Å². The van der Waals surface area contributed by atoms with E-state index in [1.54, 1.807) is 18.2 Å². The number of nitrogens with one attached hydrogen (secondary N) is 2. The number of benzene rings is 2. The lowest BCUT2D eigenvalue weighted by atomic mass is 10.1. The molecule has 4 nitrogen and oxygen atoms in total. The molecule has 0 aliphatic carbocycles. The summed E-state index contributed by atoms with van der Waals surface area (Å²) in [4.78, 5) is 11.8. The standard InChI is InChI=1S/C17H14BrCl2F3N2O2/c18-10-2-5-15(13(20)8-10)27-7-1-6-24-16(26)25-14-4-3-11(19)9-12(14)17(21,22)23/h2-5,8-9H,1,6-7H2,(H2,24,25,26). The van der Waals surface area contributed by atoms with Crippen molar-refractivity contribution in [2.24, 2.45) is 0 Å². The van der Waals surface area contributed by atoms with Gasteiger partial charge in [-0.3, -0.25) is 0 Å². The molecule has 0 unspecified atom stereocenters. The smallest absolute Gasteiger partial charge is 0.418 e. The van der Waals surface area contributed by atoms with Gasteiger partial charge in [0.15, 0.2) is 0 Å². The number of alkyl halides is 3. The third-order valence-electron chi connectivity index (χ3n) is 3.29. The van der Waals surface area contributed by atoms with Crippen molar-refractivity contribution < 1.29 is 22.7 Å². The van der Waals surface area contributed by atoms with Crippen molar-refractivity contribution in [1.29, 1.82) is 0 Å². The number of halogens is 6. The SMILES string of the molecule is O=C(NCCCOc1ccc(Br)cc1Cl)Nc1ccc(Cl)cc1C(F)(F)F. The number of carbonyl (C=O) groups excluding carboxylic acids is 1. The predicted molar refractivity (Wildman–Crippen MR) is 103 cm³/mol. The Morgan fingerprint density at radius 1 is 1.15 bits per heavy atom. The van der Waals surface area contributed by atoms with E-state index < -0.39 is 17.8 Å². The summed E-state index contributed by atoms with van der Waals surface area (Å²) < 4.78 is 45.3. The van der Waals surface area contributed by atoms with Gasteiger partial charge < -0.3 is 15.4 Å². The third-order valence-corrected chi connectivity index (χ3v) is 4.32. The fourth-order valence-electron chi connectivity index (χ4n) is 2.07. The van der Waals surface area contributed by atoms with E-state index in [0.717, 1.165) is 16.6 Å². The maximum Gasteiger partial charge on any atom is 0.418 e. The molecule has 0 bridgehead atoms. The highest BCUT2D eigenvalue weighted by Crippen LogP contribution is 2.36. The van der Waals surface area contributed by atoms with Crippen LogP contribution >= 0.6 is 39.1 Å². The lowest BCUT2D eigenvalue weighted by molar-refractivity contribution is -0.136. The minimum Gasteiger partial charge on any atom is -0.492 e. The van der Waals surface area contributed by atoms with Gasteiger partial charge in [-0.25, -0.2) is 4.79 Å². The number of carbonyl (C=O) groups is 1. The topological polar surface area (TPSA) is 50.4 Å². The van der Waals surface area contributed by atoms with Gasteiger partial charge in [-0.15, -0.1) is 0 Å².